The summed E-state index contributed by atoms with van der Waals surface area (Å²) in [7, 11) is 0. The summed E-state index contributed by atoms with van der Waals surface area (Å²) < 4.78 is 5.38. The van der Waals surface area contributed by atoms with Gasteiger partial charge in [-0.05, 0) is 18.6 Å². The Morgan fingerprint density at radius 2 is 2.41 bits per heavy atom. The lowest BCUT2D eigenvalue weighted by atomic mass is 10.3. The number of ether oxygens (including phenoxy) is 1. The van der Waals surface area contributed by atoms with Crippen molar-refractivity contribution >= 4 is 11.8 Å². The van der Waals surface area contributed by atoms with Gasteiger partial charge in [-0.1, -0.05) is 6.07 Å². The van der Waals surface area contributed by atoms with Crippen LogP contribution in [0, 0.1) is 5.53 Å². The number of amides is 1. The van der Waals surface area contributed by atoms with Gasteiger partial charge in [0.2, 0.25) is 4.91 Å². The molecule has 0 radical (unpaired) electrons. The lowest BCUT2D eigenvalue weighted by Gasteiger charge is -2.05. The van der Waals surface area contributed by atoms with Crippen LogP contribution in [0.1, 0.15) is 6.42 Å². The fourth-order valence-corrected chi connectivity index (χ4v) is 1.15. The number of carboxylic acid groups (broad SMARTS) is 1. The van der Waals surface area contributed by atoms with Crippen molar-refractivity contribution in [2.75, 3.05) is 13.2 Å². The summed E-state index contributed by atoms with van der Waals surface area (Å²) in [6.45, 7) is 0.753. The molecule has 0 unspecified atom stereocenters. The zero-order valence-electron chi connectivity index (χ0n) is 9.09. The Hall–Kier alpha value is -2.40. The van der Waals surface area contributed by atoms with E-state index in [0.717, 1.165) is 0 Å². The third-order valence-corrected chi connectivity index (χ3v) is 1.85. The number of nitrogens with one attached hydrogen (secondary N) is 2. The zero-order chi connectivity index (χ0) is 12.5. The van der Waals surface area contributed by atoms with Crippen LogP contribution in [0.3, 0.4) is 0 Å². The van der Waals surface area contributed by atoms with Crippen LogP contribution in [0.2, 0.25) is 0 Å². The second-order valence-electron chi connectivity index (χ2n) is 3.13. The standard InChI is InChI=1S/C10H12N4O3/c11-14-13-8-3-1-4-9(7-8)17-6-2-5-12-10(15)16/h1,3-4,7,11-12H,2,5-6H2/p+1. The van der Waals surface area contributed by atoms with E-state index in [1.807, 2.05) is 0 Å². The summed E-state index contributed by atoms with van der Waals surface area (Å²) in [5, 5.41) is 14.1. The van der Waals surface area contributed by atoms with Gasteiger partial charge >= 0.3 is 6.09 Å². The van der Waals surface area contributed by atoms with Gasteiger partial charge in [0.1, 0.15) is 11.3 Å². The normalized spacial score (nSPS) is 9.18. The van der Waals surface area contributed by atoms with Crippen molar-refractivity contribution in [1.29, 1.82) is 5.53 Å². The average Bonchev–Trinajstić information content (AvgIpc) is 2.29. The Morgan fingerprint density at radius 1 is 1.59 bits per heavy atom. The molecule has 90 valence electrons. The van der Waals surface area contributed by atoms with Crippen LogP contribution >= 0.6 is 0 Å². The van der Waals surface area contributed by atoms with Gasteiger partial charge < -0.3 is 15.2 Å². The van der Waals surface area contributed by atoms with Gasteiger partial charge in [0.15, 0.2) is 10.8 Å². The molecule has 0 aliphatic carbocycles. The van der Waals surface area contributed by atoms with E-state index in [0.29, 0.717) is 31.0 Å². The van der Waals surface area contributed by atoms with Crippen LogP contribution in [-0.4, -0.2) is 24.4 Å². The second kappa shape index (κ2) is 6.97. The van der Waals surface area contributed by atoms with Crippen LogP contribution in [0.15, 0.2) is 29.4 Å². The van der Waals surface area contributed by atoms with Crippen molar-refractivity contribution in [3.63, 3.8) is 0 Å². The van der Waals surface area contributed by atoms with E-state index < -0.39 is 6.09 Å². The summed E-state index contributed by atoms with van der Waals surface area (Å²) in [6.07, 6.45) is -0.459. The van der Waals surface area contributed by atoms with Gasteiger partial charge in [0.05, 0.1) is 6.61 Å². The van der Waals surface area contributed by atoms with E-state index in [9.17, 15) is 4.79 Å². The number of hydrogen-bond acceptors (Lipinski definition) is 4. The highest BCUT2D eigenvalue weighted by Crippen LogP contribution is 2.19. The lowest BCUT2D eigenvalue weighted by Crippen LogP contribution is -2.23. The highest BCUT2D eigenvalue weighted by molar-refractivity contribution is 5.64. The van der Waals surface area contributed by atoms with Crippen molar-refractivity contribution in [3.8, 4) is 5.75 Å². The highest BCUT2D eigenvalue weighted by Gasteiger charge is 1.99. The summed E-state index contributed by atoms with van der Waals surface area (Å²) in [5.74, 6) is 0.616. The first-order valence-electron chi connectivity index (χ1n) is 4.99. The third kappa shape index (κ3) is 5.29. The van der Waals surface area contributed by atoms with Crippen molar-refractivity contribution in [1.82, 2.24) is 10.2 Å². The smallest absolute Gasteiger partial charge is 0.404 e. The molecule has 1 amide bonds. The molecular formula is C10H13N4O3+. The second-order valence-corrected chi connectivity index (χ2v) is 3.13. The van der Waals surface area contributed by atoms with Crippen LogP contribution in [0.4, 0.5) is 10.5 Å². The maximum atomic E-state index is 10.2. The summed E-state index contributed by atoms with van der Waals surface area (Å²) >= 11 is 0. The van der Waals surface area contributed by atoms with Gasteiger partial charge in [-0.15, -0.1) is 0 Å². The quantitative estimate of drug-likeness (QED) is 0.399. The largest absolute Gasteiger partial charge is 0.493 e. The average molecular weight is 237 g/mol. The fourth-order valence-electron chi connectivity index (χ4n) is 1.15. The number of rotatable bonds is 6. The van der Waals surface area contributed by atoms with Crippen LogP contribution in [0.5, 0.6) is 5.75 Å². The van der Waals surface area contributed by atoms with E-state index in [1.165, 1.54) is 0 Å². The van der Waals surface area contributed by atoms with E-state index in [1.54, 1.807) is 24.3 Å². The molecule has 0 fully saturated rings. The van der Waals surface area contributed by atoms with Crippen LogP contribution in [0.25, 0.3) is 0 Å². The molecule has 17 heavy (non-hydrogen) atoms. The maximum absolute atomic E-state index is 10.2. The third-order valence-electron chi connectivity index (χ3n) is 1.85. The molecule has 7 nitrogen and oxygen atoms in total. The predicted molar refractivity (Wildman–Crippen MR) is 59.5 cm³/mol. The Bertz CT molecular complexity index is 429. The number of benzene rings is 1. The number of carbonyl (C=O) groups is 1. The molecule has 0 aliphatic heterocycles. The van der Waals surface area contributed by atoms with Crippen molar-refractivity contribution in [2.24, 2.45) is 5.11 Å². The Kier molecular flexibility index (Phi) is 5.19. The Morgan fingerprint density at radius 3 is 3.12 bits per heavy atom. The topological polar surface area (TPSA) is 109 Å². The minimum atomic E-state index is -1.04. The molecule has 0 spiro atoms. The SMILES string of the molecule is N=[N+]=Nc1cccc(OCCCNC(=O)O)c1. The minimum Gasteiger partial charge on any atom is -0.493 e. The molecule has 7 heteroatoms. The van der Waals surface area contributed by atoms with Gasteiger partial charge in [-0.3, -0.25) is 0 Å². The zero-order valence-corrected chi connectivity index (χ0v) is 9.09. The van der Waals surface area contributed by atoms with Crippen LogP contribution < -0.4 is 15.0 Å². The molecule has 0 atom stereocenters. The molecule has 1 aromatic carbocycles. The summed E-state index contributed by atoms with van der Waals surface area (Å²) in [4.78, 5) is 13.1. The first-order valence-corrected chi connectivity index (χ1v) is 4.99. The molecule has 0 aliphatic rings. The molecule has 0 bridgehead atoms. The molecule has 1 aromatic rings. The van der Waals surface area contributed by atoms with Gasteiger partial charge in [-0.2, -0.15) is 0 Å². The van der Waals surface area contributed by atoms with Gasteiger partial charge in [0, 0.05) is 12.6 Å². The van der Waals surface area contributed by atoms with E-state index >= 15 is 0 Å². The maximum Gasteiger partial charge on any atom is 0.404 e. The summed E-state index contributed by atoms with van der Waals surface area (Å²) in [6, 6.07) is 6.86. The van der Waals surface area contributed by atoms with Crippen LogP contribution in [-0.2, 0) is 0 Å². The minimum absolute atomic E-state index is 0.349. The van der Waals surface area contributed by atoms with Gasteiger partial charge in [-0.25, -0.2) is 4.79 Å². The fraction of sp³-hybridized carbons (Fsp3) is 0.300. The molecule has 1 rings (SSSR count). The predicted octanol–water partition coefficient (Wildman–Crippen LogP) is 1.90. The van der Waals surface area contributed by atoms with E-state index in [-0.39, 0.29) is 0 Å². The van der Waals surface area contributed by atoms with Gasteiger partial charge in [0.25, 0.3) is 0 Å². The highest BCUT2D eigenvalue weighted by atomic mass is 16.5. The monoisotopic (exact) mass is 237 g/mol. The molecule has 0 heterocycles. The van der Waals surface area contributed by atoms with Crippen molar-refractivity contribution < 1.29 is 14.6 Å². The molecule has 0 saturated heterocycles. The van der Waals surface area contributed by atoms with Crippen molar-refractivity contribution in [2.45, 2.75) is 6.42 Å². The van der Waals surface area contributed by atoms with E-state index in [2.05, 4.69) is 15.3 Å². The molecule has 0 saturated carbocycles. The first-order chi connectivity index (χ1) is 8.22. The summed E-state index contributed by atoms with van der Waals surface area (Å²) in [5.41, 5.74) is 7.14. The lowest BCUT2D eigenvalue weighted by molar-refractivity contribution is 0.193. The molecule has 3 N–H and O–H groups in total. The number of nitrogens with zero attached hydrogens (tertiary/aromatic N) is 2. The Labute approximate surface area is 97.6 Å². The van der Waals surface area contributed by atoms with E-state index in [4.69, 9.17) is 15.4 Å². The van der Waals surface area contributed by atoms with Crippen molar-refractivity contribution in [3.05, 3.63) is 24.3 Å². The number of hydrogen-bond donors (Lipinski definition) is 3. The first kappa shape index (κ1) is 12.7. The Balaban J connectivity index is 2.33. The molecular weight excluding hydrogens is 224 g/mol. The molecule has 0 aromatic heterocycles.